The molecule has 1 saturated heterocycles. The highest BCUT2D eigenvalue weighted by Crippen LogP contribution is 2.23. The molecule has 0 aromatic carbocycles. The summed E-state index contributed by atoms with van der Waals surface area (Å²) < 4.78 is 11.1. The van der Waals surface area contributed by atoms with Crippen molar-refractivity contribution >= 4 is 0 Å². The molecule has 1 aliphatic carbocycles. The number of aliphatic hydroxyl groups is 1. The van der Waals surface area contributed by atoms with Gasteiger partial charge in [-0.3, -0.25) is 4.90 Å². The Kier molecular flexibility index (Phi) is 6.57. The lowest BCUT2D eigenvalue weighted by atomic mass is 10.2. The van der Waals surface area contributed by atoms with Gasteiger partial charge in [-0.2, -0.15) is 0 Å². The average molecular weight is 271 g/mol. The maximum Gasteiger partial charge on any atom is 0.0900 e. The third-order valence-corrected chi connectivity index (χ3v) is 4.33. The summed E-state index contributed by atoms with van der Waals surface area (Å²) in [4.78, 5) is 2.41. The second kappa shape index (κ2) is 8.20. The van der Waals surface area contributed by atoms with Crippen molar-refractivity contribution in [2.45, 2.75) is 63.7 Å². The van der Waals surface area contributed by atoms with E-state index in [1.54, 1.807) is 0 Å². The maximum absolute atomic E-state index is 10.1. The van der Waals surface area contributed by atoms with Crippen LogP contribution in [-0.2, 0) is 9.47 Å². The van der Waals surface area contributed by atoms with Crippen molar-refractivity contribution in [1.82, 2.24) is 4.90 Å². The summed E-state index contributed by atoms with van der Waals surface area (Å²) in [6, 6.07) is 0.679. The van der Waals surface area contributed by atoms with Crippen LogP contribution in [0.2, 0.25) is 0 Å². The van der Waals surface area contributed by atoms with Crippen molar-refractivity contribution in [3.05, 3.63) is 0 Å². The van der Waals surface area contributed by atoms with Crippen molar-refractivity contribution < 1.29 is 14.6 Å². The summed E-state index contributed by atoms with van der Waals surface area (Å²) in [6.45, 7) is 5.87. The van der Waals surface area contributed by atoms with Crippen LogP contribution < -0.4 is 0 Å². The van der Waals surface area contributed by atoms with Gasteiger partial charge in [0, 0.05) is 19.2 Å². The molecule has 1 saturated carbocycles. The van der Waals surface area contributed by atoms with Crippen molar-refractivity contribution in [2.24, 2.45) is 0 Å². The summed E-state index contributed by atoms with van der Waals surface area (Å²) in [5.74, 6) is 0. The fraction of sp³-hybridized carbons (Fsp3) is 1.00. The molecule has 19 heavy (non-hydrogen) atoms. The zero-order chi connectivity index (χ0) is 13.5. The molecule has 2 rings (SSSR count). The Labute approximate surface area is 117 Å². The molecule has 1 aliphatic heterocycles. The fourth-order valence-corrected chi connectivity index (χ4v) is 3.24. The minimum Gasteiger partial charge on any atom is -0.389 e. The van der Waals surface area contributed by atoms with Gasteiger partial charge >= 0.3 is 0 Å². The molecule has 1 heterocycles. The van der Waals surface area contributed by atoms with Gasteiger partial charge in [-0.05, 0) is 32.2 Å². The van der Waals surface area contributed by atoms with Crippen LogP contribution in [0.3, 0.4) is 0 Å². The highest BCUT2D eigenvalue weighted by molar-refractivity contribution is 4.78. The smallest absolute Gasteiger partial charge is 0.0900 e. The molecule has 4 heteroatoms. The van der Waals surface area contributed by atoms with Gasteiger partial charge in [0.25, 0.3) is 0 Å². The molecule has 2 aliphatic rings. The van der Waals surface area contributed by atoms with Gasteiger partial charge in [-0.25, -0.2) is 0 Å². The minimum absolute atomic E-state index is 0.254. The molecule has 2 atom stereocenters. The van der Waals surface area contributed by atoms with Gasteiger partial charge < -0.3 is 14.6 Å². The molecule has 4 nitrogen and oxygen atoms in total. The fourth-order valence-electron chi connectivity index (χ4n) is 3.24. The zero-order valence-electron chi connectivity index (χ0n) is 12.2. The molecule has 1 N–H and O–H groups in total. The van der Waals surface area contributed by atoms with Crippen molar-refractivity contribution in [1.29, 1.82) is 0 Å². The van der Waals surface area contributed by atoms with Crippen LogP contribution in [0.1, 0.15) is 45.4 Å². The molecule has 0 aromatic heterocycles. The standard InChI is InChI=1S/C15H29NO3/c1-2-16(13-6-3-4-7-13)10-14(17)11-18-12-15-8-5-9-19-15/h13-15,17H,2-12H2,1H3. The lowest BCUT2D eigenvalue weighted by Crippen LogP contribution is -2.40. The maximum atomic E-state index is 10.1. The number of rotatable bonds is 8. The van der Waals surface area contributed by atoms with Crippen molar-refractivity contribution in [2.75, 3.05) is 32.9 Å². The largest absolute Gasteiger partial charge is 0.389 e. The lowest BCUT2D eigenvalue weighted by molar-refractivity contribution is -0.0279. The molecule has 112 valence electrons. The molecule has 0 amide bonds. The number of hydrogen-bond acceptors (Lipinski definition) is 4. The Hall–Kier alpha value is -0.160. The monoisotopic (exact) mass is 271 g/mol. The van der Waals surface area contributed by atoms with Gasteiger partial charge in [0.2, 0.25) is 0 Å². The van der Waals surface area contributed by atoms with Gasteiger partial charge in [0.15, 0.2) is 0 Å². The molecular formula is C15H29NO3. The van der Waals surface area contributed by atoms with Crippen LogP contribution >= 0.6 is 0 Å². The summed E-state index contributed by atoms with van der Waals surface area (Å²) in [7, 11) is 0. The van der Waals surface area contributed by atoms with Crippen LogP contribution in [0.25, 0.3) is 0 Å². The number of likely N-dealkylation sites (N-methyl/N-ethyl adjacent to an activating group) is 1. The van der Waals surface area contributed by atoms with Gasteiger partial charge in [0.1, 0.15) is 0 Å². The Bertz CT molecular complexity index is 238. The predicted molar refractivity (Wildman–Crippen MR) is 75.3 cm³/mol. The van der Waals surface area contributed by atoms with E-state index in [4.69, 9.17) is 9.47 Å². The summed E-state index contributed by atoms with van der Waals surface area (Å²) in [5.41, 5.74) is 0. The molecular weight excluding hydrogens is 242 g/mol. The van der Waals surface area contributed by atoms with Crippen LogP contribution in [0, 0.1) is 0 Å². The second-order valence-electron chi connectivity index (χ2n) is 5.85. The van der Waals surface area contributed by atoms with E-state index in [2.05, 4.69) is 11.8 Å². The Morgan fingerprint density at radius 2 is 2.05 bits per heavy atom. The van der Waals surface area contributed by atoms with Crippen molar-refractivity contribution in [3.63, 3.8) is 0 Å². The highest BCUT2D eigenvalue weighted by atomic mass is 16.5. The summed E-state index contributed by atoms with van der Waals surface area (Å²) in [5, 5.41) is 10.1. The molecule has 2 fully saturated rings. The highest BCUT2D eigenvalue weighted by Gasteiger charge is 2.23. The van der Waals surface area contributed by atoms with Gasteiger partial charge in [0.05, 0.1) is 25.4 Å². The quantitative estimate of drug-likeness (QED) is 0.731. The molecule has 0 aromatic rings. The third-order valence-electron chi connectivity index (χ3n) is 4.33. The minimum atomic E-state index is -0.373. The first-order valence-corrected chi connectivity index (χ1v) is 7.91. The van der Waals surface area contributed by atoms with Gasteiger partial charge in [-0.15, -0.1) is 0 Å². The molecule has 0 spiro atoms. The second-order valence-corrected chi connectivity index (χ2v) is 5.85. The Balaban J connectivity index is 1.60. The summed E-state index contributed by atoms with van der Waals surface area (Å²) >= 11 is 0. The zero-order valence-corrected chi connectivity index (χ0v) is 12.2. The number of ether oxygens (including phenoxy) is 2. The lowest BCUT2D eigenvalue weighted by Gasteiger charge is -2.29. The number of nitrogens with zero attached hydrogens (tertiary/aromatic N) is 1. The topological polar surface area (TPSA) is 41.9 Å². The SMILES string of the molecule is CCN(CC(O)COCC1CCCO1)C1CCCC1. The van der Waals surface area contributed by atoms with E-state index in [1.807, 2.05) is 0 Å². The van der Waals surface area contributed by atoms with E-state index in [-0.39, 0.29) is 12.2 Å². The molecule has 0 bridgehead atoms. The number of aliphatic hydroxyl groups excluding tert-OH is 1. The van der Waals surface area contributed by atoms with E-state index in [9.17, 15) is 5.11 Å². The van der Waals surface area contributed by atoms with Crippen molar-refractivity contribution in [3.8, 4) is 0 Å². The third kappa shape index (κ3) is 5.03. The van der Waals surface area contributed by atoms with Crippen LogP contribution in [0.15, 0.2) is 0 Å². The van der Waals surface area contributed by atoms with E-state index >= 15 is 0 Å². The van der Waals surface area contributed by atoms with Crippen LogP contribution in [0.5, 0.6) is 0 Å². The Morgan fingerprint density at radius 3 is 2.68 bits per heavy atom. The number of hydrogen-bond donors (Lipinski definition) is 1. The first-order chi connectivity index (χ1) is 9.29. The Morgan fingerprint density at radius 1 is 1.26 bits per heavy atom. The average Bonchev–Trinajstić information content (AvgIpc) is 3.08. The first-order valence-electron chi connectivity index (χ1n) is 7.91. The molecule has 2 unspecified atom stereocenters. The van der Waals surface area contributed by atoms with E-state index in [0.29, 0.717) is 19.3 Å². The van der Waals surface area contributed by atoms with Crippen LogP contribution in [-0.4, -0.2) is 61.2 Å². The van der Waals surface area contributed by atoms with E-state index < -0.39 is 0 Å². The molecule has 0 radical (unpaired) electrons. The normalized spacial score (nSPS) is 26.4. The van der Waals surface area contributed by atoms with Crippen LogP contribution in [0.4, 0.5) is 0 Å². The van der Waals surface area contributed by atoms with Gasteiger partial charge in [-0.1, -0.05) is 19.8 Å². The first kappa shape index (κ1) is 15.2. The van der Waals surface area contributed by atoms with E-state index in [1.165, 1.54) is 25.7 Å². The summed E-state index contributed by atoms with van der Waals surface area (Å²) in [6.07, 6.45) is 7.38. The van der Waals surface area contributed by atoms with E-state index in [0.717, 1.165) is 32.5 Å². The predicted octanol–water partition coefficient (Wildman–Crippen LogP) is 1.81.